The van der Waals surface area contributed by atoms with Crippen LogP contribution in [0.25, 0.3) is 104 Å². The third-order valence-electron chi connectivity index (χ3n) is 10.7. The number of benzene rings is 8. The zero-order valence-electron chi connectivity index (χ0n) is 30.2. The molecule has 0 fully saturated rings. The smallest absolute Gasteiger partial charge is 0.164 e. The second-order valence-electron chi connectivity index (χ2n) is 14.1. The molecule has 56 heavy (non-hydrogen) atoms. The minimum Gasteiger partial charge on any atom is -0.309 e. The molecule has 0 aliphatic heterocycles. The predicted octanol–water partition coefficient (Wildman–Crippen LogP) is 13.7. The number of aromatic nitrogens is 4. The first-order valence-corrected chi connectivity index (χ1v) is 19.6. The molecule has 11 rings (SSSR count). The van der Waals surface area contributed by atoms with Gasteiger partial charge in [0.25, 0.3) is 0 Å². The molecular weight excluding hydrogens is 701 g/mol. The van der Waals surface area contributed by atoms with Crippen LogP contribution in [0.4, 0.5) is 0 Å². The molecule has 0 amide bonds. The Hall–Kier alpha value is -7.21. The molecule has 262 valence electrons. The molecule has 0 saturated heterocycles. The Kier molecular flexibility index (Phi) is 7.64. The Bertz CT molecular complexity index is 3160. The van der Waals surface area contributed by atoms with Crippen molar-refractivity contribution in [1.82, 2.24) is 19.5 Å². The molecule has 0 unspecified atom stereocenters. The van der Waals surface area contributed by atoms with Crippen LogP contribution < -0.4 is 0 Å². The normalized spacial score (nSPS) is 11.6. The van der Waals surface area contributed by atoms with E-state index < -0.39 is 0 Å². The van der Waals surface area contributed by atoms with Crippen LogP contribution in [0.15, 0.2) is 194 Å². The SMILES string of the molecule is c1ccc(-c2ccc(-n3c4ccccc4c4cc(-c5ccc6sc7ccc(-c8nc(-c9ccccc9)nc(-c9ccccc9)n8)cc7c6c5)ccc43)cc2)cc1. The van der Waals surface area contributed by atoms with Crippen molar-refractivity contribution in [2.24, 2.45) is 0 Å². The van der Waals surface area contributed by atoms with Crippen LogP contribution in [-0.4, -0.2) is 19.5 Å². The zero-order chi connectivity index (χ0) is 37.0. The first kappa shape index (κ1) is 32.2. The highest BCUT2D eigenvalue weighted by molar-refractivity contribution is 7.25. The van der Waals surface area contributed by atoms with Crippen molar-refractivity contribution >= 4 is 53.3 Å². The van der Waals surface area contributed by atoms with Crippen molar-refractivity contribution in [1.29, 1.82) is 0 Å². The Labute approximate surface area is 327 Å². The molecule has 0 N–H and O–H groups in total. The van der Waals surface area contributed by atoms with Crippen LogP contribution in [0, 0.1) is 0 Å². The highest BCUT2D eigenvalue weighted by Gasteiger charge is 2.16. The summed E-state index contributed by atoms with van der Waals surface area (Å²) in [5.41, 5.74) is 11.2. The summed E-state index contributed by atoms with van der Waals surface area (Å²) in [5, 5.41) is 4.90. The van der Waals surface area contributed by atoms with Gasteiger partial charge < -0.3 is 4.57 Å². The van der Waals surface area contributed by atoms with Crippen molar-refractivity contribution in [3.63, 3.8) is 0 Å². The number of fused-ring (bicyclic) bond motifs is 6. The van der Waals surface area contributed by atoms with Gasteiger partial charge in [-0.2, -0.15) is 0 Å². The standard InChI is InChI=1S/C51H32N4S/c1-4-12-33(13-5-1)34-20-25-40(26-21-34)55-45-19-11-10-18-41(45)42-30-37(22-27-46(42)55)38-23-28-47-43(31-38)44-32-39(24-29-48(44)56-47)51-53-49(35-14-6-2-7-15-35)52-50(54-51)36-16-8-3-9-17-36/h1-32H. The number of para-hydroxylation sites is 1. The quantitative estimate of drug-likeness (QED) is 0.171. The van der Waals surface area contributed by atoms with Crippen LogP contribution in [0.1, 0.15) is 0 Å². The first-order valence-electron chi connectivity index (χ1n) is 18.8. The van der Waals surface area contributed by atoms with E-state index in [2.05, 4.69) is 138 Å². The lowest BCUT2D eigenvalue weighted by atomic mass is 10.00. The van der Waals surface area contributed by atoms with Gasteiger partial charge in [-0.3, -0.25) is 0 Å². The van der Waals surface area contributed by atoms with Crippen LogP contribution >= 0.6 is 11.3 Å². The van der Waals surface area contributed by atoms with Crippen LogP contribution in [0.5, 0.6) is 0 Å². The molecule has 3 aromatic heterocycles. The average molecular weight is 733 g/mol. The van der Waals surface area contributed by atoms with Crippen molar-refractivity contribution in [3.05, 3.63) is 194 Å². The third kappa shape index (κ3) is 5.56. The lowest BCUT2D eigenvalue weighted by Crippen LogP contribution is -2.00. The first-order chi connectivity index (χ1) is 27.7. The van der Waals surface area contributed by atoms with Gasteiger partial charge in [-0.05, 0) is 82.9 Å². The van der Waals surface area contributed by atoms with Gasteiger partial charge in [0, 0.05) is 53.3 Å². The molecule has 0 aliphatic rings. The lowest BCUT2D eigenvalue weighted by molar-refractivity contribution is 1.07. The van der Waals surface area contributed by atoms with E-state index in [9.17, 15) is 0 Å². The van der Waals surface area contributed by atoms with E-state index in [4.69, 9.17) is 15.0 Å². The van der Waals surface area contributed by atoms with Crippen molar-refractivity contribution < 1.29 is 0 Å². The zero-order valence-corrected chi connectivity index (χ0v) is 31.0. The molecule has 5 heteroatoms. The molecule has 0 spiro atoms. The number of nitrogens with zero attached hydrogens (tertiary/aromatic N) is 4. The van der Waals surface area contributed by atoms with E-state index in [1.165, 1.54) is 64.2 Å². The Morgan fingerprint density at radius 3 is 1.36 bits per heavy atom. The van der Waals surface area contributed by atoms with E-state index in [0.29, 0.717) is 17.5 Å². The largest absolute Gasteiger partial charge is 0.309 e. The van der Waals surface area contributed by atoms with Gasteiger partial charge in [0.1, 0.15) is 0 Å². The molecule has 0 atom stereocenters. The second-order valence-corrected chi connectivity index (χ2v) is 15.1. The van der Waals surface area contributed by atoms with E-state index >= 15 is 0 Å². The summed E-state index contributed by atoms with van der Waals surface area (Å²) in [4.78, 5) is 14.9. The fourth-order valence-electron chi connectivity index (χ4n) is 7.90. The van der Waals surface area contributed by atoms with Gasteiger partial charge in [-0.15, -0.1) is 11.3 Å². The fraction of sp³-hybridized carbons (Fsp3) is 0. The average Bonchev–Trinajstić information content (AvgIpc) is 3.82. The molecule has 0 aliphatic carbocycles. The Morgan fingerprint density at radius 2 is 0.732 bits per heavy atom. The van der Waals surface area contributed by atoms with Crippen LogP contribution in [0.3, 0.4) is 0 Å². The summed E-state index contributed by atoms with van der Waals surface area (Å²) in [6.45, 7) is 0. The molecule has 11 aromatic rings. The van der Waals surface area contributed by atoms with Crippen LogP contribution in [-0.2, 0) is 0 Å². The minimum absolute atomic E-state index is 0.659. The third-order valence-corrected chi connectivity index (χ3v) is 11.8. The van der Waals surface area contributed by atoms with E-state index in [0.717, 1.165) is 22.4 Å². The predicted molar refractivity (Wildman–Crippen MR) is 234 cm³/mol. The van der Waals surface area contributed by atoms with Gasteiger partial charge in [0.2, 0.25) is 0 Å². The number of thiophene rings is 1. The maximum atomic E-state index is 5.01. The highest BCUT2D eigenvalue weighted by Crippen LogP contribution is 2.40. The molecule has 4 nitrogen and oxygen atoms in total. The summed E-state index contributed by atoms with van der Waals surface area (Å²) < 4.78 is 4.87. The summed E-state index contributed by atoms with van der Waals surface area (Å²) in [5.74, 6) is 1.98. The topological polar surface area (TPSA) is 43.6 Å². The fourth-order valence-corrected chi connectivity index (χ4v) is 8.96. The molecule has 0 bridgehead atoms. The van der Waals surface area contributed by atoms with Gasteiger partial charge in [0.05, 0.1) is 11.0 Å². The second kappa shape index (κ2) is 13.3. The van der Waals surface area contributed by atoms with Crippen molar-refractivity contribution in [3.8, 4) is 62.1 Å². The number of rotatable bonds is 6. The highest BCUT2D eigenvalue weighted by atomic mass is 32.1. The lowest BCUT2D eigenvalue weighted by Gasteiger charge is -2.10. The molecule has 3 heterocycles. The maximum absolute atomic E-state index is 5.01. The number of hydrogen-bond acceptors (Lipinski definition) is 4. The summed E-state index contributed by atoms with van der Waals surface area (Å²) in [6, 6.07) is 68.8. The summed E-state index contributed by atoms with van der Waals surface area (Å²) in [7, 11) is 0. The van der Waals surface area contributed by atoms with E-state index in [-0.39, 0.29) is 0 Å². The van der Waals surface area contributed by atoms with Gasteiger partial charge in [-0.25, -0.2) is 15.0 Å². The maximum Gasteiger partial charge on any atom is 0.164 e. The monoisotopic (exact) mass is 732 g/mol. The summed E-state index contributed by atoms with van der Waals surface area (Å²) >= 11 is 1.82. The summed E-state index contributed by atoms with van der Waals surface area (Å²) in [6.07, 6.45) is 0. The van der Waals surface area contributed by atoms with E-state index in [1.54, 1.807) is 0 Å². The van der Waals surface area contributed by atoms with Gasteiger partial charge in [0.15, 0.2) is 17.5 Å². The molecule has 0 saturated carbocycles. The molecule has 0 radical (unpaired) electrons. The van der Waals surface area contributed by atoms with Gasteiger partial charge in [-0.1, -0.05) is 133 Å². The van der Waals surface area contributed by atoms with E-state index in [1.807, 2.05) is 72.0 Å². The van der Waals surface area contributed by atoms with Crippen LogP contribution in [0.2, 0.25) is 0 Å². The Balaban J connectivity index is 1.01. The molecular formula is C51H32N4S. The minimum atomic E-state index is 0.659. The molecule has 8 aromatic carbocycles. The van der Waals surface area contributed by atoms with Crippen molar-refractivity contribution in [2.45, 2.75) is 0 Å². The van der Waals surface area contributed by atoms with Gasteiger partial charge >= 0.3 is 0 Å². The number of hydrogen-bond donors (Lipinski definition) is 0. The Morgan fingerprint density at radius 1 is 0.304 bits per heavy atom. The van der Waals surface area contributed by atoms with Crippen molar-refractivity contribution in [2.75, 3.05) is 0 Å².